The first kappa shape index (κ1) is 21.8. The number of aromatic nitrogens is 4. The second-order valence-electron chi connectivity index (χ2n) is 7.46. The zero-order chi connectivity index (χ0) is 22.7. The standard InChI is InChI=1S/C21H21F2N5O4/c1-11-3-4-13(9-24-11)19-16(12(2)32-28-19)10-30-18-6-5-17(26-27-18)20(29)25-14-7-15(8-14)31-21(22)23/h3-6,9,14-15,21H,7-8,10H2,1-2H3,(H,25,29)/t14-,15-. The van der Waals surface area contributed by atoms with Crippen LogP contribution in [0.5, 0.6) is 5.88 Å². The fourth-order valence-electron chi connectivity index (χ4n) is 3.26. The Morgan fingerprint density at radius 2 is 2.03 bits per heavy atom. The highest BCUT2D eigenvalue weighted by molar-refractivity contribution is 5.92. The Hall–Kier alpha value is -3.47. The molecule has 0 spiro atoms. The molecular weight excluding hydrogens is 424 g/mol. The van der Waals surface area contributed by atoms with E-state index < -0.39 is 18.6 Å². The van der Waals surface area contributed by atoms with Crippen molar-refractivity contribution in [3.63, 3.8) is 0 Å². The second kappa shape index (κ2) is 9.35. The maximum Gasteiger partial charge on any atom is 0.345 e. The minimum Gasteiger partial charge on any atom is -0.472 e. The number of aryl methyl sites for hydroxylation is 2. The molecule has 0 unspecified atom stereocenters. The molecule has 0 radical (unpaired) electrons. The number of hydrogen-bond donors (Lipinski definition) is 1. The lowest BCUT2D eigenvalue weighted by atomic mass is 9.89. The first-order chi connectivity index (χ1) is 15.4. The lowest BCUT2D eigenvalue weighted by Crippen LogP contribution is -2.48. The predicted molar refractivity (Wildman–Crippen MR) is 107 cm³/mol. The largest absolute Gasteiger partial charge is 0.472 e. The number of pyridine rings is 1. The zero-order valence-electron chi connectivity index (χ0n) is 17.4. The summed E-state index contributed by atoms with van der Waals surface area (Å²) in [7, 11) is 0. The molecule has 3 heterocycles. The van der Waals surface area contributed by atoms with Crippen molar-refractivity contribution in [1.29, 1.82) is 0 Å². The predicted octanol–water partition coefficient (Wildman–Crippen LogP) is 3.22. The van der Waals surface area contributed by atoms with Crippen molar-refractivity contribution in [2.75, 3.05) is 0 Å². The molecule has 0 saturated heterocycles. The second-order valence-corrected chi connectivity index (χ2v) is 7.46. The molecule has 1 amide bonds. The zero-order valence-corrected chi connectivity index (χ0v) is 17.4. The number of rotatable bonds is 8. The minimum atomic E-state index is -2.80. The number of carbonyl (C=O) groups is 1. The number of carbonyl (C=O) groups excluding carboxylic acids is 1. The minimum absolute atomic E-state index is 0.100. The Kier molecular flexibility index (Phi) is 6.35. The molecule has 11 heteroatoms. The Labute approximate surface area is 182 Å². The van der Waals surface area contributed by atoms with Gasteiger partial charge in [-0.1, -0.05) is 5.16 Å². The number of halogens is 2. The maximum absolute atomic E-state index is 12.2. The van der Waals surface area contributed by atoms with E-state index in [0.717, 1.165) is 16.8 Å². The van der Waals surface area contributed by atoms with Gasteiger partial charge in [-0.15, -0.1) is 10.2 Å². The average Bonchev–Trinajstić information content (AvgIpc) is 3.11. The summed E-state index contributed by atoms with van der Waals surface area (Å²) in [6, 6.07) is 6.57. The van der Waals surface area contributed by atoms with Gasteiger partial charge in [-0.2, -0.15) is 8.78 Å². The van der Waals surface area contributed by atoms with Crippen molar-refractivity contribution < 1.29 is 27.6 Å². The smallest absolute Gasteiger partial charge is 0.345 e. The number of ether oxygens (including phenoxy) is 2. The molecule has 1 aliphatic carbocycles. The molecule has 1 saturated carbocycles. The molecule has 0 bridgehead atoms. The average molecular weight is 445 g/mol. The fourth-order valence-corrected chi connectivity index (χ4v) is 3.26. The van der Waals surface area contributed by atoms with Crippen LogP contribution in [0.15, 0.2) is 35.0 Å². The van der Waals surface area contributed by atoms with Crippen LogP contribution in [-0.2, 0) is 11.3 Å². The quantitative estimate of drug-likeness (QED) is 0.563. The topological polar surface area (TPSA) is 112 Å². The van der Waals surface area contributed by atoms with Gasteiger partial charge in [0.1, 0.15) is 18.1 Å². The van der Waals surface area contributed by atoms with E-state index in [9.17, 15) is 13.6 Å². The van der Waals surface area contributed by atoms with E-state index >= 15 is 0 Å². The van der Waals surface area contributed by atoms with Crippen LogP contribution in [0.1, 0.15) is 40.3 Å². The number of amides is 1. The molecule has 1 fully saturated rings. The maximum atomic E-state index is 12.2. The molecule has 1 aliphatic rings. The fraction of sp³-hybridized carbons (Fsp3) is 0.381. The van der Waals surface area contributed by atoms with Gasteiger partial charge in [-0.3, -0.25) is 9.78 Å². The van der Waals surface area contributed by atoms with Gasteiger partial charge in [-0.25, -0.2) is 0 Å². The van der Waals surface area contributed by atoms with Gasteiger partial charge in [0.25, 0.3) is 5.91 Å². The summed E-state index contributed by atoms with van der Waals surface area (Å²) >= 11 is 0. The van der Waals surface area contributed by atoms with E-state index in [-0.39, 0.29) is 24.2 Å². The molecule has 9 nitrogen and oxygen atoms in total. The summed E-state index contributed by atoms with van der Waals surface area (Å²) in [6.45, 7) is 1.02. The van der Waals surface area contributed by atoms with E-state index in [2.05, 4.69) is 30.4 Å². The van der Waals surface area contributed by atoms with Crippen LogP contribution in [0.25, 0.3) is 11.3 Å². The first-order valence-corrected chi connectivity index (χ1v) is 9.98. The lowest BCUT2D eigenvalue weighted by molar-refractivity contribution is -0.184. The third kappa shape index (κ3) is 5.05. The summed E-state index contributed by atoms with van der Waals surface area (Å²) < 4.78 is 39.7. The van der Waals surface area contributed by atoms with Gasteiger partial charge in [-0.05, 0) is 44.9 Å². The normalized spacial score (nSPS) is 17.8. The SMILES string of the molecule is Cc1ccc(-c2noc(C)c2COc2ccc(C(=O)N[C@H]3C[C@H](OC(F)F)C3)nn2)cn1. The molecule has 0 aromatic carbocycles. The summed E-state index contributed by atoms with van der Waals surface area (Å²) in [5, 5.41) is 14.6. The van der Waals surface area contributed by atoms with Crippen molar-refractivity contribution in [3.8, 4) is 17.1 Å². The van der Waals surface area contributed by atoms with Gasteiger partial charge in [0, 0.05) is 29.6 Å². The Bertz CT molecular complexity index is 1070. The Morgan fingerprint density at radius 1 is 1.22 bits per heavy atom. The van der Waals surface area contributed by atoms with Crippen LogP contribution in [0.2, 0.25) is 0 Å². The van der Waals surface area contributed by atoms with Gasteiger partial charge >= 0.3 is 6.61 Å². The molecule has 0 atom stereocenters. The van der Waals surface area contributed by atoms with Gasteiger partial charge in [0.2, 0.25) is 5.88 Å². The van der Waals surface area contributed by atoms with Crippen LogP contribution in [0.4, 0.5) is 8.78 Å². The number of hydrogen-bond acceptors (Lipinski definition) is 8. The molecule has 32 heavy (non-hydrogen) atoms. The molecule has 3 aromatic rings. The summed E-state index contributed by atoms with van der Waals surface area (Å²) in [5.74, 6) is 0.400. The van der Waals surface area contributed by atoms with Gasteiger partial charge in [0.15, 0.2) is 5.69 Å². The van der Waals surface area contributed by atoms with E-state index in [1.54, 1.807) is 13.1 Å². The molecular formula is C21H21F2N5O4. The van der Waals surface area contributed by atoms with Crippen LogP contribution < -0.4 is 10.1 Å². The Morgan fingerprint density at radius 3 is 2.69 bits per heavy atom. The van der Waals surface area contributed by atoms with Crippen molar-refractivity contribution in [1.82, 2.24) is 25.7 Å². The third-order valence-electron chi connectivity index (χ3n) is 5.13. The molecule has 168 valence electrons. The summed E-state index contributed by atoms with van der Waals surface area (Å²) in [5.41, 5.74) is 3.19. The van der Waals surface area contributed by atoms with E-state index in [4.69, 9.17) is 9.26 Å². The highest BCUT2D eigenvalue weighted by Crippen LogP contribution is 2.27. The highest BCUT2D eigenvalue weighted by Gasteiger charge is 2.33. The number of alkyl halides is 2. The molecule has 0 aliphatic heterocycles. The molecule has 4 rings (SSSR count). The van der Waals surface area contributed by atoms with Crippen molar-refractivity contribution >= 4 is 5.91 Å². The summed E-state index contributed by atoms with van der Waals surface area (Å²) in [4.78, 5) is 16.5. The summed E-state index contributed by atoms with van der Waals surface area (Å²) in [6.07, 6.45) is 1.85. The van der Waals surface area contributed by atoms with E-state index in [1.165, 1.54) is 12.1 Å². The van der Waals surface area contributed by atoms with Crippen molar-refractivity contribution in [2.45, 2.75) is 52.1 Å². The first-order valence-electron chi connectivity index (χ1n) is 9.98. The molecule has 3 aromatic heterocycles. The monoisotopic (exact) mass is 445 g/mol. The van der Waals surface area contributed by atoms with Gasteiger partial charge in [0.05, 0.1) is 11.7 Å². The number of nitrogens with one attached hydrogen (secondary N) is 1. The van der Waals surface area contributed by atoms with Crippen molar-refractivity contribution in [2.24, 2.45) is 0 Å². The van der Waals surface area contributed by atoms with Crippen molar-refractivity contribution in [3.05, 3.63) is 53.2 Å². The lowest BCUT2D eigenvalue weighted by Gasteiger charge is -2.34. The Balaban J connectivity index is 1.33. The van der Waals surface area contributed by atoms with Crippen LogP contribution in [0, 0.1) is 13.8 Å². The highest BCUT2D eigenvalue weighted by atomic mass is 19.3. The number of nitrogens with zero attached hydrogens (tertiary/aromatic N) is 4. The third-order valence-corrected chi connectivity index (χ3v) is 5.13. The van der Waals surface area contributed by atoms with Crippen LogP contribution >= 0.6 is 0 Å². The van der Waals surface area contributed by atoms with Crippen LogP contribution in [-0.4, -0.2) is 45.0 Å². The molecule has 1 N–H and O–H groups in total. The van der Waals surface area contributed by atoms with Crippen LogP contribution in [0.3, 0.4) is 0 Å². The van der Waals surface area contributed by atoms with E-state index in [0.29, 0.717) is 24.3 Å². The van der Waals surface area contributed by atoms with E-state index in [1.807, 2.05) is 19.1 Å². The van der Waals surface area contributed by atoms with Gasteiger partial charge < -0.3 is 19.3 Å².